The van der Waals surface area contributed by atoms with Gasteiger partial charge in [0.15, 0.2) is 6.61 Å². The number of carbonyl (C=O) groups excluding carboxylic acids is 2. The van der Waals surface area contributed by atoms with E-state index in [9.17, 15) is 9.59 Å². The molecule has 1 N–H and O–H groups in total. The zero-order chi connectivity index (χ0) is 23.1. The first kappa shape index (κ1) is 23.5. The Hall–Kier alpha value is -3.16. The standard InChI is InChI=1S/C24H20BrClN2O4/c1-15-3-4-16(2)22(11-15)31-14-23(29)28-27-13-18-12-19(25)7-10-21(18)32-24(30)17-5-8-20(26)9-6-17/h3-13H,14H2,1-2H3,(H,28,29)/b27-13-. The molecule has 3 aromatic carbocycles. The molecule has 6 nitrogen and oxygen atoms in total. The first-order chi connectivity index (χ1) is 15.3. The van der Waals surface area contributed by atoms with Crippen molar-refractivity contribution in [3.8, 4) is 11.5 Å². The number of nitrogens with one attached hydrogen (secondary N) is 1. The number of halogens is 2. The van der Waals surface area contributed by atoms with E-state index >= 15 is 0 Å². The molecule has 0 atom stereocenters. The quantitative estimate of drug-likeness (QED) is 0.196. The Labute approximate surface area is 199 Å². The van der Waals surface area contributed by atoms with Crippen molar-refractivity contribution in [1.82, 2.24) is 5.43 Å². The van der Waals surface area contributed by atoms with E-state index in [0.29, 0.717) is 21.9 Å². The van der Waals surface area contributed by atoms with Gasteiger partial charge in [-0.2, -0.15) is 5.10 Å². The highest BCUT2D eigenvalue weighted by atomic mass is 79.9. The van der Waals surface area contributed by atoms with Crippen molar-refractivity contribution in [1.29, 1.82) is 0 Å². The summed E-state index contributed by atoms with van der Waals surface area (Å²) in [6.45, 7) is 3.68. The molecule has 0 aliphatic heterocycles. The lowest BCUT2D eigenvalue weighted by molar-refractivity contribution is -0.123. The van der Waals surface area contributed by atoms with Crippen molar-refractivity contribution >= 4 is 45.6 Å². The van der Waals surface area contributed by atoms with E-state index < -0.39 is 11.9 Å². The van der Waals surface area contributed by atoms with Gasteiger partial charge in [-0.05, 0) is 73.5 Å². The lowest BCUT2D eigenvalue weighted by Gasteiger charge is -2.09. The van der Waals surface area contributed by atoms with Gasteiger partial charge in [0, 0.05) is 15.1 Å². The summed E-state index contributed by atoms with van der Waals surface area (Å²) in [4.78, 5) is 24.5. The monoisotopic (exact) mass is 514 g/mol. The van der Waals surface area contributed by atoms with Crippen LogP contribution in [0.1, 0.15) is 27.0 Å². The van der Waals surface area contributed by atoms with Crippen LogP contribution >= 0.6 is 27.5 Å². The van der Waals surface area contributed by atoms with Crippen LogP contribution in [0.15, 0.2) is 70.2 Å². The Kier molecular flexibility index (Phi) is 8.03. The molecular weight excluding hydrogens is 496 g/mol. The predicted molar refractivity (Wildman–Crippen MR) is 128 cm³/mol. The van der Waals surface area contributed by atoms with Crippen LogP contribution in [-0.2, 0) is 4.79 Å². The highest BCUT2D eigenvalue weighted by Gasteiger charge is 2.12. The molecule has 1 amide bonds. The van der Waals surface area contributed by atoms with E-state index in [1.807, 2.05) is 32.0 Å². The molecule has 32 heavy (non-hydrogen) atoms. The van der Waals surface area contributed by atoms with Gasteiger partial charge < -0.3 is 9.47 Å². The van der Waals surface area contributed by atoms with E-state index in [1.165, 1.54) is 6.21 Å². The number of ether oxygens (including phenoxy) is 2. The van der Waals surface area contributed by atoms with Crippen LogP contribution in [0.5, 0.6) is 11.5 Å². The molecule has 0 radical (unpaired) electrons. The Balaban J connectivity index is 1.62. The van der Waals surface area contributed by atoms with Gasteiger partial charge >= 0.3 is 5.97 Å². The van der Waals surface area contributed by atoms with Gasteiger partial charge in [-0.15, -0.1) is 0 Å². The fraction of sp³-hybridized carbons (Fsp3) is 0.125. The summed E-state index contributed by atoms with van der Waals surface area (Å²) in [5.74, 6) is -0.0215. The number of nitrogens with zero attached hydrogens (tertiary/aromatic N) is 1. The third-order valence-electron chi connectivity index (χ3n) is 4.35. The minimum absolute atomic E-state index is 0.182. The molecule has 0 saturated heterocycles. The molecule has 0 fully saturated rings. The maximum atomic E-state index is 12.4. The summed E-state index contributed by atoms with van der Waals surface area (Å²) in [7, 11) is 0. The summed E-state index contributed by atoms with van der Waals surface area (Å²) >= 11 is 9.23. The lowest BCUT2D eigenvalue weighted by Crippen LogP contribution is -2.24. The van der Waals surface area contributed by atoms with Gasteiger partial charge in [-0.3, -0.25) is 4.79 Å². The number of amides is 1. The topological polar surface area (TPSA) is 77.0 Å². The number of rotatable bonds is 7. The van der Waals surface area contributed by atoms with Crippen LogP contribution in [0.2, 0.25) is 5.02 Å². The molecule has 8 heteroatoms. The molecule has 0 bridgehead atoms. The first-order valence-corrected chi connectivity index (χ1v) is 10.8. The fourth-order valence-corrected chi connectivity index (χ4v) is 3.17. The largest absolute Gasteiger partial charge is 0.483 e. The Bertz CT molecular complexity index is 1160. The van der Waals surface area contributed by atoms with E-state index in [2.05, 4.69) is 26.5 Å². The van der Waals surface area contributed by atoms with Gasteiger partial charge in [0.05, 0.1) is 11.8 Å². The van der Waals surface area contributed by atoms with Crippen molar-refractivity contribution in [3.05, 3.63) is 92.4 Å². The number of hydrogen-bond donors (Lipinski definition) is 1. The maximum Gasteiger partial charge on any atom is 0.343 e. The number of esters is 1. The van der Waals surface area contributed by atoms with Crippen LogP contribution in [0, 0.1) is 13.8 Å². The van der Waals surface area contributed by atoms with Crippen LogP contribution in [0.3, 0.4) is 0 Å². The predicted octanol–water partition coefficient (Wildman–Crippen LogP) is 5.47. The summed E-state index contributed by atoms with van der Waals surface area (Å²) in [5, 5.41) is 4.48. The van der Waals surface area contributed by atoms with E-state index in [1.54, 1.807) is 42.5 Å². The van der Waals surface area contributed by atoms with Gasteiger partial charge in [0.25, 0.3) is 5.91 Å². The van der Waals surface area contributed by atoms with Gasteiger partial charge in [-0.25, -0.2) is 10.2 Å². The highest BCUT2D eigenvalue weighted by molar-refractivity contribution is 9.10. The van der Waals surface area contributed by atoms with Crippen molar-refractivity contribution in [2.75, 3.05) is 6.61 Å². The summed E-state index contributed by atoms with van der Waals surface area (Å²) in [6, 6.07) is 17.2. The molecule has 3 aromatic rings. The maximum absolute atomic E-state index is 12.4. The number of aryl methyl sites for hydroxylation is 2. The zero-order valence-electron chi connectivity index (χ0n) is 17.4. The minimum atomic E-state index is -0.537. The first-order valence-electron chi connectivity index (χ1n) is 9.61. The second kappa shape index (κ2) is 10.9. The third-order valence-corrected chi connectivity index (χ3v) is 5.09. The number of hydrogen-bond acceptors (Lipinski definition) is 5. The summed E-state index contributed by atoms with van der Waals surface area (Å²) < 4.78 is 11.8. The van der Waals surface area contributed by atoms with Crippen molar-refractivity contribution in [2.45, 2.75) is 13.8 Å². The van der Waals surface area contributed by atoms with Crippen LogP contribution in [0.25, 0.3) is 0 Å². The van der Waals surface area contributed by atoms with E-state index in [4.69, 9.17) is 21.1 Å². The molecule has 0 aliphatic rings. The van der Waals surface area contributed by atoms with Crippen molar-refractivity contribution in [3.63, 3.8) is 0 Å². The summed E-state index contributed by atoms with van der Waals surface area (Å²) in [6.07, 6.45) is 1.39. The molecule has 0 unspecified atom stereocenters. The van der Waals surface area contributed by atoms with Crippen molar-refractivity contribution < 1.29 is 19.1 Å². The van der Waals surface area contributed by atoms with Crippen LogP contribution in [0.4, 0.5) is 0 Å². The normalized spacial score (nSPS) is 10.8. The van der Waals surface area contributed by atoms with E-state index in [0.717, 1.165) is 15.6 Å². The molecular formula is C24H20BrClN2O4. The highest BCUT2D eigenvalue weighted by Crippen LogP contribution is 2.23. The summed E-state index contributed by atoms with van der Waals surface area (Å²) in [5.41, 5.74) is 5.24. The second-order valence-corrected chi connectivity index (χ2v) is 8.28. The Morgan fingerprint density at radius 3 is 2.53 bits per heavy atom. The molecule has 0 spiro atoms. The van der Waals surface area contributed by atoms with Crippen LogP contribution < -0.4 is 14.9 Å². The van der Waals surface area contributed by atoms with Gasteiger partial charge in [0.1, 0.15) is 11.5 Å². The fourth-order valence-electron chi connectivity index (χ4n) is 2.67. The lowest BCUT2D eigenvalue weighted by atomic mass is 10.1. The van der Waals surface area contributed by atoms with E-state index in [-0.39, 0.29) is 12.4 Å². The Morgan fingerprint density at radius 2 is 1.78 bits per heavy atom. The number of hydrazone groups is 1. The Morgan fingerprint density at radius 1 is 1.03 bits per heavy atom. The average Bonchev–Trinajstić information content (AvgIpc) is 2.76. The second-order valence-electron chi connectivity index (χ2n) is 6.93. The minimum Gasteiger partial charge on any atom is -0.483 e. The molecule has 0 saturated carbocycles. The molecule has 0 aliphatic carbocycles. The smallest absolute Gasteiger partial charge is 0.343 e. The van der Waals surface area contributed by atoms with Gasteiger partial charge in [0.2, 0.25) is 0 Å². The number of carbonyl (C=O) groups is 2. The SMILES string of the molecule is Cc1ccc(C)c(OCC(=O)N/N=C\c2cc(Br)ccc2OC(=O)c2ccc(Cl)cc2)c1. The molecule has 0 heterocycles. The molecule has 3 rings (SSSR count). The zero-order valence-corrected chi connectivity index (χ0v) is 19.7. The average molecular weight is 516 g/mol. The molecule has 0 aromatic heterocycles. The van der Waals surface area contributed by atoms with Crippen molar-refractivity contribution in [2.24, 2.45) is 5.10 Å². The molecule has 164 valence electrons. The van der Waals surface area contributed by atoms with Gasteiger partial charge in [-0.1, -0.05) is 39.7 Å². The van der Waals surface area contributed by atoms with Crippen LogP contribution in [-0.4, -0.2) is 24.7 Å². The number of benzene rings is 3. The third kappa shape index (κ3) is 6.67.